The molecule has 0 spiro atoms. The van der Waals surface area contributed by atoms with Crippen molar-refractivity contribution in [3.05, 3.63) is 36.4 Å². The number of carbonyl (C=O) groups is 1. The number of carboxylic acid groups (broad SMARTS) is 1. The summed E-state index contributed by atoms with van der Waals surface area (Å²) >= 11 is 0. The molecule has 1 N–H and O–H groups in total. The maximum absolute atomic E-state index is 10.8. The lowest BCUT2D eigenvalue weighted by atomic mass is 10.1. The average molecular weight is 257 g/mol. The molecule has 3 rings (SSSR count). The van der Waals surface area contributed by atoms with E-state index in [-0.39, 0.29) is 6.54 Å². The molecule has 6 nitrogen and oxygen atoms in total. The van der Waals surface area contributed by atoms with Gasteiger partial charge in [-0.15, -0.1) is 0 Å². The smallest absolute Gasteiger partial charge is 0.325 e. The van der Waals surface area contributed by atoms with E-state index in [1.165, 1.54) is 4.68 Å². The summed E-state index contributed by atoms with van der Waals surface area (Å²) in [5.74, 6) is -0.236. The van der Waals surface area contributed by atoms with E-state index in [0.29, 0.717) is 11.4 Å². The topological polar surface area (TPSA) is 81.2 Å². The number of furan rings is 1. The van der Waals surface area contributed by atoms with E-state index >= 15 is 0 Å². The molecule has 3 aromatic rings. The van der Waals surface area contributed by atoms with E-state index in [1.54, 1.807) is 18.5 Å². The normalized spacial score (nSPS) is 11.0. The molecule has 6 heteroatoms. The summed E-state index contributed by atoms with van der Waals surface area (Å²) in [7, 11) is 0. The predicted molar refractivity (Wildman–Crippen MR) is 67.6 cm³/mol. The van der Waals surface area contributed by atoms with Gasteiger partial charge in [-0.05, 0) is 25.1 Å². The minimum Gasteiger partial charge on any atom is -0.480 e. The molecule has 0 unspecified atom stereocenters. The first-order valence-electron chi connectivity index (χ1n) is 5.74. The number of pyridine rings is 1. The summed E-state index contributed by atoms with van der Waals surface area (Å²) in [5, 5.41) is 13.9. The Kier molecular flexibility index (Phi) is 2.56. The number of fused-ring (bicyclic) bond motifs is 1. The van der Waals surface area contributed by atoms with Gasteiger partial charge in [0.2, 0.25) is 0 Å². The zero-order valence-electron chi connectivity index (χ0n) is 10.2. The Bertz CT molecular complexity index is 744. The quantitative estimate of drug-likeness (QED) is 0.776. The first-order valence-corrected chi connectivity index (χ1v) is 5.74. The van der Waals surface area contributed by atoms with Gasteiger partial charge < -0.3 is 9.52 Å². The van der Waals surface area contributed by atoms with Crippen molar-refractivity contribution in [2.75, 3.05) is 0 Å². The van der Waals surface area contributed by atoms with E-state index in [2.05, 4.69) is 10.1 Å². The van der Waals surface area contributed by atoms with Gasteiger partial charge in [-0.1, -0.05) is 0 Å². The van der Waals surface area contributed by atoms with Gasteiger partial charge in [0.05, 0.1) is 17.3 Å². The van der Waals surface area contributed by atoms with Crippen LogP contribution < -0.4 is 0 Å². The molecule has 0 aliphatic carbocycles. The molecule has 0 radical (unpaired) electrons. The summed E-state index contributed by atoms with van der Waals surface area (Å²) in [6.45, 7) is 1.62. The average Bonchev–Trinajstić information content (AvgIpc) is 2.98. The summed E-state index contributed by atoms with van der Waals surface area (Å²) in [6, 6.07) is 5.49. The Balaban J connectivity index is 2.26. The van der Waals surface area contributed by atoms with Crippen LogP contribution in [-0.4, -0.2) is 25.8 Å². The van der Waals surface area contributed by atoms with E-state index in [4.69, 9.17) is 9.52 Å². The van der Waals surface area contributed by atoms with Crippen LogP contribution in [0.2, 0.25) is 0 Å². The van der Waals surface area contributed by atoms with E-state index in [0.717, 1.165) is 16.6 Å². The fourth-order valence-corrected chi connectivity index (χ4v) is 2.16. The fraction of sp³-hybridized carbons (Fsp3) is 0.154. The van der Waals surface area contributed by atoms with Crippen LogP contribution in [0.25, 0.3) is 22.4 Å². The first-order chi connectivity index (χ1) is 9.16. The minimum atomic E-state index is -0.949. The van der Waals surface area contributed by atoms with Crippen LogP contribution in [0.5, 0.6) is 0 Å². The molecule has 3 heterocycles. The van der Waals surface area contributed by atoms with Gasteiger partial charge >= 0.3 is 5.97 Å². The van der Waals surface area contributed by atoms with Gasteiger partial charge in [-0.2, -0.15) is 5.10 Å². The highest BCUT2D eigenvalue weighted by atomic mass is 16.4. The van der Waals surface area contributed by atoms with Crippen LogP contribution in [0.1, 0.15) is 5.69 Å². The Morgan fingerprint density at radius 2 is 2.32 bits per heavy atom. The molecule has 3 aromatic heterocycles. The predicted octanol–water partition coefficient (Wildman–Crippen LogP) is 2.08. The van der Waals surface area contributed by atoms with Crippen molar-refractivity contribution in [1.29, 1.82) is 0 Å². The monoisotopic (exact) mass is 257 g/mol. The van der Waals surface area contributed by atoms with E-state index < -0.39 is 5.97 Å². The molecule has 19 heavy (non-hydrogen) atoms. The number of hydrogen-bond donors (Lipinski definition) is 1. The minimum absolute atomic E-state index is 0.209. The number of carboxylic acids is 1. The van der Waals surface area contributed by atoms with Gasteiger partial charge in [-0.25, -0.2) is 9.67 Å². The molecule has 0 aliphatic heterocycles. The zero-order valence-corrected chi connectivity index (χ0v) is 10.2. The van der Waals surface area contributed by atoms with Crippen LogP contribution in [0.3, 0.4) is 0 Å². The van der Waals surface area contributed by atoms with Crippen molar-refractivity contribution in [3.8, 4) is 11.3 Å². The highest BCUT2D eigenvalue weighted by Gasteiger charge is 2.16. The second-order valence-corrected chi connectivity index (χ2v) is 4.17. The van der Waals surface area contributed by atoms with Gasteiger partial charge in [0.25, 0.3) is 0 Å². The largest absolute Gasteiger partial charge is 0.480 e. The third-order valence-corrected chi connectivity index (χ3v) is 2.88. The Morgan fingerprint density at radius 3 is 3.00 bits per heavy atom. The molecule has 0 fully saturated rings. The number of aliphatic carboxylic acids is 1. The molecule has 0 aliphatic rings. The van der Waals surface area contributed by atoms with E-state index in [9.17, 15) is 4.79 Å². The van der Waals surface area contributed by atoms with Crippen LogP contribution in [0.4, 0.5) is 0 Å². The molecule has 0 aromatic carbocycles. The zero-order chi connectivity index (χ0) is 13.4. The Hall–Kier alpha value is -2.63. The van der Waals surface area contributed by atoms with Crippen molar-refractivity contribution >= 4 is 17.0 Å². The third kappa shape index (κ3) is 1.87. The number of aryl methyl sites for hydroxylation is 1. The highest BCUT2D eigenvalue weighted by molar-refractivity contribution is 5.93. The summed E-state index contributed by atoms with van der Waals surface area (Å²) in [5.41, 5.74) is 2.15. The molecular weight excluding hydrogens is 246 g/mol. The first kappa shape index (κ1) is 11.5. The van der Waals surface area contributed by atoms with Crippen molar-refractivity contribution in [1.82, 2.24) is 14.8 Å². The second-order valence-electron chi connectivity index (χ2n) is 4.17. The summed E-state index contributed by atoms with van der Waals surface area (Å²) in [6.07, 6.45) is 3.22. The maximum atomic E-state index is 10.8. The molecule has 0 bridgehead atoms. The lowest BCUT2D eigenvalue weighted by Crippen LogP contribution is -2.10. The van der Waals surface area contributed by atoms with Gasteiger partial charge in [0, 0.05) is 11.8 Å². The molecule has 0 amide bonds. The van der Waals surface area contributed by atoms with E-state index in [1.807, 2.05) is 19.1 Å². The summed E-state index contributed by atoms with van der Waals surface area (Å²) in [4.78, 5) is 15.0. The SMILES string of the molecule is Cc1nn(CC(=O)O)c2nccc(-c3ccco3)c12. The molecule has 96 valence electrons. The van der Waals surface area contributed by atoms with Crippen LogP contribution in [0, 0.1) is 6.92 Å². The lowest BCUT2D eigenvalue weighted by molar-refractivity contribution is -0.137. The number of nitrogens with zero attached hydrogens (tertiary/aromatic N) is 3. The van der Waals surface area contributed by atoms with Crippen molar-refractivity contribution in [2.45, 2.75) is 13.5 Å². The lowest BCUT2D eigenvalue weighted by Gasteiger charge is -2.01. The third-order valence-electron chi connectivity index (χ3n) is 2.88. The van der Waals surface area contributed by atoms with Crippen molar-refractivity contribution in [3.63, 3.8) is 0 Å². The van der Waals surface area contributed by atoms with Crippen LogP contribution >= 0.6 is 0 Å². The van der Waals surface area contributed by atoms with Gasteiger partial charge in [-0.3, -0.25) is 4.79 Å². The summed E-state index contributed by atoms with van der Waals surface area (Å²) < 4.78 is 6.78. The molecular formula is C13H11N3O3. The molecule has 0 atom stereocenters. The standard InChI is InChI=1S/C13H11N3O3/c1-8-12-9(10-3-2-6-19-10)4-5-14-13(12)16(15-8)7-11(17)18/h2-6H,7H2,1H3,(H,17,18). The van der Waals surface area contributed by atoms with Crippen molar-refractivity contribution in [2.24, 2.45) is 0 Å². The Labute approximate surface area is 108 Å². The molecule has 0 saturated heterocycles. The van der Waals surface area contributed by atoms with Gasteiger partial charge in [0.1, 0.15) is 12.3 Å². The Morgan fingerprint density at radius 1 is 1.47 bits per heavy atom. The number of aromatic nitrogens is 3. The molecule has 0 saturated carbocycles. The second kappa shape index (κ2) is 4.24. The fourth-order valence-electron chi connectivity index (χ4n) is 2.16. The van der Waals surface area contributed by atoms with Crippen LogP contribution in [0.15, 0.2) is 35.1 Å². The number of rotatable bonds is 3. The van der Waals surface area contributed by atoms with Gasteiger partial charge in [0.15, 0.2) is 5.65 Å². The maximum Gasteiger partial charge on any atom is 0.325 e. The highest BCUT2D eigenvalue weighted by Crippen LogP contribution is 2.29. The number of hydrogen-bond acceptors (Lipinski definition) is 4. The van der Waals surface area contributed by atoms with Crippen LogP contribution in [-0.2, 0) is 11.3 Å². The van der Waals surface area contributed by atoms with Crippen molar-refractivity contribution < 1.29 is 14.3 Å².